The van der Waals surface area contributed by atoms with Crippen LogP contribution >= 0.6 is 0 Å². The van der Waals surface area contributed by atoms with Crippen LogP contribution in [0.3, 0.4) is 0 Å². The van der Waals surface area contributed by atoms with E-state index in [1.807, 2.05) is 26.0 Å². The first-order valence-electron chi connectivity index (χ1n) is 5.22. The van der Waals surface area contributed by atoms with Crippen molar-refractivity contribution in [2.45, 2.75) is 27.2 Å². The van der Waals surface area contributed by atoms with Crippen LogP contribution in [0.1, 0.15) is 31.4 Å². The molecule has 0 atom stereocenters. The molecule has 0 bridgehead atoms. The Kier molecular flexibility index (Phi) is 4.12. The smallest absolute Gasteiger partial charge is 0.423 e. The third-order valence-corrected chi connectivity index (χ3v) is 2.62. The van der Waals surface area contributed by atoms with E-state index >= 15 is 0 Å². The van der Waals surface area contributed by atoms with Crippen LogP contribution in [0.5, 0.6) is 0 Å². The van der Waals surface area contributed by atoms with Crippen molar-refractivity contribution >= 4 is 18.2 Å². The summed E-state index contributed by atoms with van der Waals surface area (Å²) in [5, 5.41) is 18.1. The first kappa shape index (κ1) is 12.0. The van der Waals surface area contributed by atoms with Gasteiger partial charge in [-0.25, -0.2) is 0 Å². The molecular formula is C12H17BO2. The fraction of sp³-hybridized carbons (Fsp3) is 0.333. The minimum atomic E-state index is -1.38. The van der Waals surface area contributed by atoms with Gasteiger partial charge in [0, 0.05) is 0 Å². The van der Waals surface area contributed by atoms with E-state index in [1.165, 1.54) is 11.1 Å². The Morgan fingerprint density at radius 2 is 2.07 bits per heavy atom. The van der Waals surface area contributed by atoms with E-state index in [4.69, 9.17) is 10.0 Å². The molecular weight excluding hydrogens is 187 g/mol. The van der Waals surface area contributed by atoms with E-state index in [2.05, 4.69) is 13.0 Å². The Morgan fingerprint density at radius 1 is 1.40 bits per heavy atom. The lowest BCUT2D eigenvalue weighted by Gasteiger charge is -2.10. The van der Waals surface area contributed by atoms with Crippen molar-refractivity contribution in [2.75, 3.05) is 0 Å². The van der Waals surface area contributed by atoms with Gasteiger partial charge in [-0.2, -0.15) is 0 Å². The summed E-state index contributed by atoms with van der Waals surface area (Å²) in [6.07, 6.45) is 3.08. The highest BCUT2D eigenvalue weighted by Crippen LogP contribution is 2.20. The molecule has 15 heavy (non-hydrogen) atoms. The quantitative estimate of drug-likeness (QED) is 0.732. The summed E-state index contributed by atoms with van der Waals surface area (Å²) in [5.74, 6) is 0. The van der Waals surface area contributed by atoms with Gasteiger partial charge >= 0.3 is 7.12 Å². The molecule has 0 saturated heterocycles. The van der Waals surface area contributed by atoms with Crippen molar-refractivity contribution in [3.8, 4) is 0 Å². The fourth-order valence-electron chi connectivity index (χ4n) is 1.76. The lowest BCUT2D eigenvalue weighted by Crippen LogP contribution is -2.30. The van der Waals surface area contributed by atoms with Gasteiger partial charge in [0.25, 0.3) is 0 Å². The predicted molar refractivity (Wildman–Crippen MR) is 64.9 cm³/mol. The van der Waals surface area contributed by atoms with E-state index < -0.39 is 7.12 Å². The average molecular weight is 204 g/mol. The number of hydrogen-bond donors (Lipinski definition) is 2. The lowest BCUT2D eigenvalue weighted by atomic mass is 9.78. The number of allylic oxidation sites excluding steroid dienone is 2. The van der Waals surface area contributed by atoms with Crippen LogP contribution in [0.25, 0.3) is 5.57 Å². The molecule has 0 heterocycles. The largest absolute Gasteiger partial charge is 0.488 e. The molecule has 0 spiro atoms. The molecule has 0 unspecified atom stereocenters. The summed E-state index contributed by atoms with van der Waals surface area (Å²) in [5.41, 5.74) is 4.09. The van der Waals surface area contributed by atoms with Crippen molar-refractivity contribution in [1.29, 1.82) is 0 Å². The van der Waals surface area contributed by atoms with Crippen LogP contribution in [-0.2, 0) is 0 Å². The van der Waals surface area contributed by atoms with Crippen LogP contribution in [0.15, 0.2) is 24.3 Å². The number of rotatable bonds is 3. The van der Waals surface area contributed by atoms with Crippen molar-refractivity contribution in [2.24, 2.45) is 0 Å². The molecule has 0 saturated carbocycles. The summed E-state index contributed by atoms with van der Waals surface area (Å²) >= 11 is 0. The molecule has 2 N–H and O–H groups in total. The van der Waals surface area contributed by atoms with Crippen molar-refractivity contribution < 1.29 is 10.0 Å². The van der Waals surface area contributed by atoms with Gasteiger partial charge in [0.2, 0.25) is 0 Å². The summed E-state index contributed by atoms with van der Waals surface area (Å²) in [4.78, 5) is 0. The summed E-state index contributed by atoms with van der Waals surface area (Å²) in [6, 6.07) is 5.52. The average Bonchev–Trinajstić information content (AvgIpc) is 2.21. The normalized spacial score (nSPS) is 11.7. The highest BCUT2D eigenvalue weighted by Gasteiger charge is 2.12. The predicted octanol–water partition coefficient (Wildman–Crippen LogP) is 1.49. The topological polar surface area (TPSA) is 40.5 Å². The second-order valence-electron chi connectivity index (χ2n) is 3.62. The number of aryl methyl sites for hydroxylation is 1. The first-order chi connectivity index (χ1) is 7.10. The molecule has 0 aliphatic heterocycles. The second-order valence-corrected chi connectivity index (χ2v) is 3.62. The third kappa shape index (κ3) is 2.70. The monoisotopic (exact) mass is 204 g/mol. The van der Waals surface area contributed by atoms with E-state index in [9.17, 15) is 0 Å². The zero-order valence-electron chi connectivity index (χ0n) is 9.49. The molecule has 80 valence electrons. The zero-order chi connectivity index (χ0) is 11.4. The van der Waals surface area contributed by atoms with Gasteiger partial charge in [-0.1, -0.05) is 31.2 Å². The maximum Gasteiger partial charge on any atom is 0.488 e. The highest BCUT2D eigenvalue weighted by molar-refractivity contribution is 6.58. The molecule has 0 aromatic heterocycles. The van der Waals surface area contributed by atoms with E-state index in [-0.39, 0.29) is 0 Å². The molecule has 0 radical (unpaired) electrons. The summed E-state index contributed by atoms with van der Waals surface area (Å²) < 4.78 is 0. The van der Waals surface area contributed by atoms with Gasteiger partial charge in [0.1, 0.15) is 0 Å². The van der Waals surface area contributed by atoms with Crippen LogP contribution in [0, 0.1) is 6.92 Å². The molecule has 0 aliphatic carbocycles. The molecule has 0 fully saturated rings. The SMILES string of the molecule is C/C=C(\CC)c1ccc(B(O)O)cc1C. The Hall–Kier alpha value is -1.06. The number of benzene rings is 1. The maximum absolute atomic E-state index is 9.03. The van der Waals surface area contributed by atoms with Crippen LogP contribution in [-0.4, -0.2) is 17.2 Å². The van der Waals surface area contributed by atoms with Gasteiger partial charge in [-0.05, 0) is 42.4 Å². The Morgan fingerprint density at radius 3 is 2.47 bits per heavy atom. The van der Waals surface area contributed by atoms with Gasteiger partial charge in [-0.15, -0.1) is 0 Å². The van der Waals surface area contributed by atoms with E-state index in [1.54, 1.807) is 6.07 Å². The Labute approximate surface area is 91.4 Å². The number of hydrogen-bond acceptors (Lipinski definition) is 2. The standard InChI is InChI=1S/C12H17BO2/c1-4-10(5-2)12-7-6-11(13(14)15)8-9(12)3/h4,6-8,14-15H,5H2,1-3H3/b10-4+. The molecule has 2 nitrogen and oxygen atoms in total. The molecule has 0 amide bonds. The van der Waals surface area contributed by atoms with Crippen molar-refractivity contribution in [3.63, 3.8) is 0 Å². The fourth-order valence-corrected chi connectivity index (χ4v) is 1.76. The zero-order valence-corrected chi connectivity index (χ0v) is 9.49. The molecule has 0 aliphatic rings. The summed E-state index contributed by atoms with van der Waals surface area (Å²) in [6.45, 7) is 6.12. The Balaban J connectivity index is 3.13. The van der Waals surface area contributed by atoms with Gasteiger partial charge in [0.15, 0.2) is 0 Å². The third-order valence-electron chi connectivity index (χ3n) is 2.62. The summed E-state index contributed by atoms with van der Waals surface area (Å²) in [7, 11) is -1.38. The van der Waals surface area contributed by atoms with E-state index in [0.29, 0.717) is 5.46 Å². The van der Waals surface area contributed by atoms with Gasteiger partial charge in [0.05, 0.1) is 0 Å². The minimum Gasteiger partial charge on any atom is -0.423 e. The minimum absolute atomic E-state index is 0.544. The van der Waals surface area contributed by atoms with Crippen LogP contribution in [0.4, 0.5) is 0 Å². The molecule has 3 heteroatoms. The van der Waals surface area contributed by atoms with Gasteiger partial charge < -0.3 is 10.0 Å². The molecule has 1 rings (SSSR count). The van der Waals surface area contributed by atoms with Crippen LogP contribution < -0.4 is 5.46 Å². The Bertz CT molecular complexity index is 370. The lowest BCUT2D eigenvalue weighted by molar-refractivity contribution is 0.425. The first-order valence-corrected chi connectivity index (χ1v) is 5.22. The van der Waals surface area contributed by atoms with Gasteiger partial charge in [-0.3, -0.25) is 0 Å². The second kappa shape index (κ2) is 5.15. The highest BCUT2D eigenvalue weighted by atomic mass is 16.4. The molecule has 1 aromatic carbocycles. The van der Waals surface area contributed by atoms with E-state index in [0.717, 1.165) is 12.0 Å². The molecule has 1 aromatic rings. The van der Waals surface area contributed by atoms with Crippen molar-refractivity contribution in [1.82, 2.24) is 0 Å². The van der Waals surface area contributed by atoms with Crippen LogP contribution in [0.2, 0.25) is 0 Å². The maximum atomic E-state index is 9.03. The van der Waals surface area contributed by atoms with Crippen molar-refractivity contribution in [3.05, 3.63) is 35.4 Å².